The van der Waals surface area contributed by atoms with E-state index in [1.54, 1.807) is 0 Å². The number of carbonyl (C=O) groups is 2. The largest absolute Gasteiger partial charge is 0.276 e. The highest BCUT2D eigenvalue weighted by Gasteiger charge is 2.10. The van der Waals surface area contributed by atoms with Crippen LogP contribution >= 0.6 is 35.1 Å². The Morgan fingerprint density at radius 1 is 1.07 bits per heavy atom. The number of benzene rings is 1. The van der Waals surface area contributed by atoms with E-state index in [1.165, 1.54) is 18.2 Å². The molecule has 0 saturated carbocycles. The molecule has 0 heterocycles. The molecule has 0 spiro atoms. The van der Waals surface area contributed by atoms with Gasteiger partial charge in [-0.2, -0.15) is 0 Å². The lowest BCUT2D eigenvalue weighted by atomic mass is 10.1. The van der Waals surface area contributed by atoms with Crippen molar-refractivity contribution in [2.24, 2.45) is 0 Å². The molecular formula is C9H5Cl3O3. The van der Waals surface area contributed by atoms with Crippen molar-refractivity contribution in [2.75, 3.05) is 0 Å². The lowest BCUT2D eigenvalue weighted by Gasteiger charge is -2.03. The zero-order valence-electron chi connectivity index (χ0n) is 7.30. The lowest BCUT2D eigenvalue weighted by Crippen LogP contribution is -1.98. The van der Waals surface area contributed by atoms with Crippen molar-refractivity contribution in [2.45, 2.75) is 6.61 Å². The minimum atomic E-state index is -0.675. The van der Waals surface area contributed by atoms with Gasteiger partial charge in [0.2, 0.25) is 0 Å². The van der Waals surface area contributed by atoms with E-state index in [-0.39, 0.29) is 17.7 Å². The van der Waals surface area contributed by atoms with Gasteiger partial charge < -0.3 is 0 Å². The van der Waals surface area contributed by atoms with Crippen LogP contribution in [0.15, 0.2) is 18.2 Å². The Hall–Kier alpha value is -0.610. The summed E-state index contributed by atoms with van der Waals surface area (Å²) in [7, 11) is 0. The highest BCUT2D eigenvalue weighted by molar-refractivity contribution is 6.69. The summed E-state index contributed by atoms with van der Waals surface area (Å²) >= 11 is 15.6. The molecule has 0 atom stereocenters. The molecule has 0 aliphatic carbocycles. The Bertz CT molecular complexity index is 371. The van der Waals surface area contributed by atoms with Crippen LogP contribution in [0.1, 0.15) is 26.3 Å². The van der Waals surface area contributed by atoms with Gasteiger partial charge >= 0.3 is 0 Å². The smallest absolute Gasteiger partial charge is 0.252 e. The zero-order valence-corrected chi connectivity index (χ0v) is 9.57. The predicted octanol–water partition coefficient (Wildman–Crippen LogP) is 3.12. The van der Waals surface area contributed by atoms with Crippen LogP contribution in [0.25, 0.3) is 0 Å². The molecule has 1 aromatic rings. The van der Waals surface area contributed by atoms with Gasteiger partial charge in [-0.1, -0.05) is 0 Å². The molecule has 0 unspecified atom stereocenters. The summed E-state index contributed by atoms with van der Waals surface area (Å²) in [5.41, 5.74) is 0.888. The first-order valence-electron chi connectivity index (χ1n) is 3.81. The molecule has 0 bridgehead atoms. The van der Waals surface area contributed by atoms with Crippen LogP contribution in [-0.2, 0) is 10.9 Å². The molecule has 0 aliphatic rings. The van der Waals surface area contributed by atoms with E-state index in [1.807, 2.05) is 0 Å². The third-order valence-electron chi connectivity index (χ3n) is 1.67. The molecule has 3 nitrogen and oxygen atoms in total. The first-order chi connectivity index (χ1) is 7.04. The number of hydrogen-bond donors (Lipinski definition) is 0. The second-order valence-corrected chi connectivity index (χ2v) is 3.62. The van der Waals surface area contributed by atoms with Gasteiger partial charge in [0.1, 0.15) is 0 Å². The summed E-state index contributed by atoms with van der Waals surface area (Å²) in [4.78, 5) is 21.8. The van der Waals surface area contributed by atoms with Gasteiger partial charge in [-0.3, -0.25) is 13.9 Å². The highest BCUT2D eigenvalue weighted by atomic mass is 35.5. The summed E-state index contributed by atoms with van der Waals surface area (Å²) in [5.74, 6) is 0. The van der Waals surface area contributed by atoms with E-state index >= 15 is 0 Å². The van der Waals surface area contributed by atoms with Crippen LogP contribution in [0.3, 0.4) is 0 Å². The second-order valence-electron chi connectivity index (χ2n) is 2.72. The van der Waals surface area contributed by atoms with E-state index in [9.17, 15) is 9.59 Å². The summed E-state index contributed by atoms with van der Waals surface area (Å²) in [6, 6.07) is 4.25. The fourth-order valence-electron chi connectivity index (χ4n) is 1.07. The molecule has 0 amide bonds. The number of halogens is 3. The van der Waals surface area contributed by atoms with Crippen LogP contribution in [0.5, 0.6) is 0 Å². The Morgan fingerprint density at radius 2 is 1.53 bits per heavy atom. The molecule has 0 radical (unpaired) electrons. The van der Waals surface area contributed by atoms with Gasteiger partial charge in [0.05, 0.1) is 18.5 Å². The number of hydrogen-bond acceptors (Lipinski definition) is 3. The topological polar surface area (TPSA) is 43.4 Å². The standard InChI is InChI=1S/C9H5Cl3O3/c10-8(13)6-1-5(4-15-12)2-7(3-6)9(11)14/h1-3H,4H2. The maximum absolute atomic E-state index is 10.9. The summed E-state index contributed by atoms with van der Waals surface area (Å²) < 4.78 is 4.36. The average Bonchev–Trinajstić information content (AvgIpc) is 2.17. The molecule has 1 aromatic carbocycles. The predicted molar refractivity (Wildman–Crippen MR) is 57.5 cm³/mol. The first-order valence-corrected chi connectivity index (χ1v) is 4.88. The fourth-order valence-corrected chi connectivity index (χ4v) is 1.41. The Balaban J connectivity index is 3.19. The van der Waals surface area contributed by atoms with Crippen molar-refractivity contribution in [1.82, 2.24) is 0 Å². The highest BCUT2D eigenvalue weighted by Crippen LogP contribution is 2.15. The van der Waals surface area contributed by atoms with Crippen molar-refractivity contribution in [3.63, 3.8) is 0 Å². The van der Waals surface area contributed by atoms with E-state index in [4.69, 9.17) is 35.1 Å². The van der Waals surface area contributed by atoms with Crippen LogP contribution in [0.4, 0.5) is 0 Å². The summed E-state index contributed by atoms with van der Waals surface area (Å²) in [6.45, 7) is 0.0523. The number of rotatable bonds is 4. The van der Waals surface area contributed by atoms with Gasteiger partial charge in [0.25, 0.3) is 10.5 Å². The molecule has 80 valence electrons. The Kier molecular flexibility index (Phi) is 4.54. The molecule has 0 aliphatic heterocycles. The summed E-state index contributed by atoms with van der Waals surface area (Å²) in [6.07, 6.45) is 0. The molecule has 0 fully saturated rings. The Morgan fingerprint density at radius 3 is 1.87 bits per heavy atom. The fraction of sp³-hybridized carbons (Fsp3) is 0.111. The van der Waals surface area contributed by atoms with Crippen LogP contribution in [0.2, 0.25) is 0 Å². The minimum Gasteiger partial charge on any atom is -0.276 e. The van der Waals surface area contributed by atoms with Crippen LogP contribution < -0.4 is 0 Å². The third-order valence-corrected chi connectivity index (χ3v) is 2.21. The van der Waals surface area contributed by atoms with Crippen molar-refractivity contribution in [3.8, 4) is 0 Å². The molecular weight excluding hydrogens is 262 g/mol. The molecule has 0 aromatic heterocycles. The maximum atomic E-state index is 10.9. The maximum Gasteiger partial charge on any atom is 0.252 e. The molecule has 0 N–H and O–H groups in total. The minimum absolute atomic E-state index is 0.0523. The van der Waals surface area contributed by atoms with Crippen LogP contribution in [0, 0.1) is 0 Å². The van der Waals surface area contributed by atoms with Gasteiger partial charge in [0, 0.05) is 11.1 Å². The van der Waals surface area contributed by atoms with Crippen molar-refractivity contribution in [1.29, 1.82) is 0 Å². The van der Waals surface area contributed by atoms with E-state index < -0.39 is 10.5 Å². The van der Waals surface area contributed by atoms with Crippen molar-refractivity contribution < 1.29 is 13.9 Å². The second kappa shape index (κ2) is 5.47. The lowest BCUT2D eigenvalue weighted by molar-refractivity contribution is 0.108. The molecule has 1 rings (SSSR count). The average molecular weight is 267 g/mol. The quantitative estimate of drug-likeness (QED) is 0.787. The molecule has 0 saturated heterocycles. The van der Waals surface area contributed by atoms with Gasteiger partial charge in [0.15, 0.2) is 0 Å². The first kappa shape index (κ1) is 12.5. The zero-order chi connectivity index (χ0) is 11.4. The van der Waals surface area contributed by atoms with E-state index in [0.29, 0.717) is 5.56 Å². The van der Waals surface area contributed by atoms with Gasteiger partial charge in [-0.05, 0) is 47.0 Å². The number of carbonyl (C=O) groups excluding carboxylic acids is 2. The van der Waals surface area contributed by atoms with Crippen molar-refractivity contribution >= 4 is 45.6 Å². The van der Waals surface area contributed by atoms with E-state index in [2.05, 4.69) is 4.29 Å². The Labute approximate surface area is 101 Å². The van der Waals surface area contributed by atoms with Crippen molar-refractivity contribution in [3.05, 3.63) is 34.9 Å². The normalized spacial score (nSPS) is 10.1. The molecule has 6 heteroatoms. The van der Waals surface area contributed by atoms with Crippen LogP contribution in [-0.4, -0.2) is 10.5 Å². The van der Waals surface area contributed by atoms with Gasteiger partial charge in [-0.15, -0.1) is 0 Å². The summed E-state index contributed by atoms with van der Waals surface area (Å²) in [5, 5.41) is -1.35. The SMILES string of the molecule is O=C(Cl)c1cc(COCl)cc(C(=O)Cl)c1. The monoisotopic (exact) mass is 266 g/mol. The van der Waals surface area contributed by atoms with Gasteiger partial charge in [-0.25, -0.2) is 0 Å². The third kappa shape index (κ3) is 3.47. The van der Waals surface area contributed by atoms with E-state index in [0.717, 1.165) is 0 Å². The molecule has 15 heavy (non-hydrogen) atoms.